The molecule has 1 N–H and O–H groups in total. The Morgan fingerprint density at radius 1 is 0.929 bits per heavy atom. The molecule has 0 aliphatic heterocycles. The van der Waals surface area contributed by atoms with Crippen LogP contribution in [0.2, 0.25) is 0 Å². The Hall–Kier alpha value is -2.97. The van der Waals surface area contributed by atoms with Crippen LogP contribution >= 0.6 is 0 Å². The van der Waals surface area contributed by atoms with Crippen LogP contribution in [-0.4, -0.2) is 15.1 Å². The second-order valence-corrected chi connectivity index (χ2v) is 6.90. The fraction of sp³-hybridized carbons (Fsp3) is 0.348. The summed E-state index contributed by atoms with van der Waals surface area (Å²) in [6.45, 7) is 0. The Bertz CT molecular complexity index is 882. The van der Waals surface area contributed by atoms with Crippen LogP contribution in [0, 0.1) is 11.3 Å². The summed E-state index contributed by atoms with van der Waals surface area (Å²) in [7, 11) is 0. The highest BCUT2D eigenvalue weighted by Crippen LogP contribution is 2.24. The number of nitriles is 1. The van der Waals surface area contributed by atoms with Crippen molar-refractivity contribution in [1.29, 1.82) is 5.26 Å². The molecule has 2 heterocycles. The average molecular weight is 375 g/mol. The van der Waals surface area contributed by atoms with Crippen molar-refractivity contribution in [3.63, 3.8) is 0 Å². The first-order valence-electron chi connectivity index (χ1n) is 9.76. The average Bonchev–Trinajstić information content (AvgIpc) is 3.22. The number of rotatable bonds is 10. The number of nitrogens with zero attached hydrogens (tertiary/aromatic N) is 3. The quantitative estimate of drug-likeness (QED) is 0.503. The summed E-state index contributed by atoms with van der Waals surface area (Å²) in [6, 6.07) is 16.3. The van der Waals surface area contributed by atoms with Gasteiger partial charge in [0.2, 0.25) is 5.89 Å². The Balaban J connectivity index is 1.40. The molecule has 0 aliphatic rings. The predicted octanol–water partition coefficient (Wildman–Crippen LogP) is 5.03. The van der Waals surface area contributed by atoms with Crippen molar-refractivity contribution < 1.29 is 9.52 Å². The van der Waals surface area contributed by atoms with Gasteiger partial charge in [0.05, 0.1) is 18.7 Å². The first kappa shape index (κ1) is 19.8. The van der Waals surface area contributed by atoms with Gasteiger partial charge < -0.3 is 9.52 Å². The third kappa shape index (κ3) is 5.77. The van der Waals surface area contributed by atoms with Crippen molar-refractivity contribution in [2.75, 3.05) is 0 Å². The topological polar surface area (TPSA) is 82.9 Å². The minimum absolute atomic E-state index is 0.332. The van der Waals surface area contributed by atoms with Crippen LogP contribution in [0.3, 0.4) is 0 Å². The molecular formula is C23H25N3O2. The number of aromatic nitrogens is 2. The van der Waals surface area contributed by atoms with E-state index in [0.717, 1.165) is 37.7 Å². The van der Waals surface area contributed by atoms with E-state index in [-0.39, 0.29) is 0 Å². The lowest BCUT2D eigenvalue weighted by atomic mass is 10.0. The number of unbranched alkanes of at least 4 members (excludes halogenated alkanes) is 3. The maximum atomic E-state index is 10.3. The fourth-order valence-corrected chi connectivity index (χ4v) is 3.11. The van der Waals surface area contributed by atoms with Crippen molar-refractivity contribution >= 4 is 0 Å². The lowest BCUT2D eigenvalue weighted by Crippen LogP contribution is -1.97. The van der Waals surface area contributed by atoms with Gasteiger partial charge in [-0.05, 0) is 36.5 Å². The van der Waals surface area contributed by atoms with E-state index in [0.29, 0.717) is 30.2 Å². The zero-order chi connectivity index (χ0) is 19.6. The number of benzene rings is 1. The molecule has 3 rings (SSSR count). The van der Waals surface area contributed by atoms with E-state index in [1.165, 1.54) is 5.56 Å². The minimum atomic E-state index is -0.694. The molecule has 0 saturated carbocycles. The van der Waals surface area contributed by atoms with Crippen LogP contribution in [-0.2, 0) is 12.8 Å². The summed E-state index contributed by atoms with van der Waals surface area (Å²) in [5, 5.41) is 19.0. The highest BCUT2D eigenvalue weighted by atomic mass is 16.4. The van der Waals surface area contributed by atoms with Gasteiger partial charge in [0.1, 0.15) is 11.8 Å². The van der Waals surface area contributed by atoms with Gasteiger partial charge in [0.25, 0.3) is 0 Å². The summed E-state index contributed by atoms with van der Waals surface area (Å²) in [5.41, 5.74) is 2.89. The van der Waals surface area contributed by atoms with E-state index in [9.17, 15) is 5.11 Å². The van der Waals surface area contributed by atoms with Crippen LogP contribution < -0.4 is 0 Å². The molecule has 0 bridgehead atoms. The number of aliphatic hydroxyl groups excluding tert-OH is 1. The molecule has 1 unspecified atom stereocenters. The van der Waals surface area contributed by atoms with Gasteiger partial charge in [-0.15, -0.1) is 0 Å². The number of hydrogen-bond acceptors (Lipinski definition) is 5. The van der Waals surface area contributed by atoms with E-state index in [4.69, 9.17) is 9.68 Å². The normalized spacial score (nSPS) is 11.9. The SMILES string of the molecule is N#CCc1ccc(-c2cnc(C(O)CCCCCCc3ccccc3)o2)nc1. The van der Waals surface area contributed by atoms with Crippen LogP contribution in [0.5, 0.6) is 0 Å². The third-order valence-corrected chi connectivity index (χ3v) is 4.70. The lowest BCUT2D eigenvalue weighted by Gasteiger charge is -2.06. The molecule has 5 nitrogen and oxygen atoms in total. The van der Waals surface area contributed by atoms with Gasteiger partial charge in [-0.1, -0.05) is 55.7 Å². The summed E-state index contributed by atoms with van der Waals surface area (Å²) < 4.78 is 5.68. The summed E-state index contributed by atoms with van der Waals surface area (Å²) >= 11 is 0. The monoisotopic (exact) mass is 375 g/mol. The second-order valence-electron chi connectivity index (χ2n) is 6.90. The van der Waals surface area contributed by atoms with E-state index in [1.54, 1.807) is 18.5 Å². The number of pyridine rings is 1. The molecular weight excluding hydrogens is 350 g/mol. The van der Waals surface area contributed by atoms with Crippen LogP contribution in [0.1, 0.15) is 55.2 Å². The first-order chi connectivity index (χ1) is 13.8. The molecule has 0 amide bonds. The third-order valence-electron chi connectivity index (χ3n) is 4.70. The van der Waals surface area contributed by atoms with Gasteiger partial charge in [-0.3, -0.25) is 4.98 Å². The van der Waals surface area contributed by atoms with Gasteiger partial charge in [-0.25, -0.2) is 4.98 Å². The number of hydrogen-bond donors (Lipinski definition) is 1. The van der Waals surface area contributed by atoms with E-state index >= 15 is 0 Å². The van der Waals surface area contributed by atoms with Crippen molar-refractivity contribution in [3.8, 4) is 17.5 Å². The molecule has 0 spiro atoms. The number of aryl methyl sites for hydroxylation is 1. The van der Waals surface area contributed by atoms with Gasteiger partial charge in [-0.2, -0.15) is 5.26 Å². The van der Waals surface area contributed by atoms with Crippen molar-refractivity contribution in [3.05, 3.63) is 71.9 Å². The maximum Gasteiger partial charge on any atom is 0.223 e. The Kier molecular flexibility index (Phi) is 7.34. The molecule has 0 aliphatic carbocycles. The van der Waals surface area contributed by atoms with E-state index < -0.39 is 6.10 Å². The zero-order valence-electron chi connectivity index (χ0n) is 15.9. The second kappa shape index (κ2) is 10.4. The summed E-state index contributed by atoms with van der Waals surface area (Å²) in [4.78, 5) is 8.49. The van der Waals surface area contributed by atoms with Gasteiger partial charge in [0, 0.05) is 6.20 Å². The number of oxazole rings is 1. The molecule has 0 fully saturated rings. The molecule has 3 aromatic rings. The molecule has 0 radical (unpaired) electrons. The van der Waals surface area contributed by atoms with Crippen LogP contribution in [0.25, 0.3) is 11.5 Å². The molecule has 0 saturated heterocycles. The van der Waals surface area contributed by atoms with Gasteiger partial charge >= 0.3 is 0 Å². The van der Waals surface area contributed by atoms with E-state index in [2.05, 4.69) is 40.3 Å². The highest BCUT2D eigenvalue weighted by Gasteiger charge is 2.15. The Labute approximate surface area is 165 Å². The largest absolute Gasteiger partial charge is 0.436 e. The number of aliphatic hydroxyl groups is 1. The molecule has 2 aromatic heterocycles. The Morgan fingerprint density at radius 3 is 2.50 bits per heavy atom. The molecule has 5 heteroatoms. The molecule has 1 atom stereocenters. The molecule has 1 aromatic carbocycles. The van der Waals surface area contributed by atoms with Crippen molar-refractivity contribution in [2.24, 2.45) is 0 Å². The Morgan fingerprint density at radius 2 is 1.75 bits per heavy atom. The van der Waals surface area contributed by atoms with Crippen LogP contribution in [0.4, 0.5) is 0 Å². The predicted molar refractivity (Wildman–Crippen MR) is 107 cm³/mol. The van der Waals surface area contributed by atoms with E-state index in [1.807, 2.05) is 12.1 Å². The summed E-state index contributed by atoms with van der Waals surface area (Å²) in [5.74, 6) is 0.864. The summed E-state index contributed by atoms with van der Waals surface area (Å²) in [6.07, 6.45) is 8.96. The van der Waals surface area contributed by atoms with Crippen LogP contribution in [0.15, 0.2) is 59.3 Å². The molecule has 144 valence electrons. The van der Waals surface area contributed by atoms with Gasteiger partial charge in [0.15, 0.2) is 5.76 Å². The maximum absolute atomic E-state index is 10.3. The zero-order valence-corrected chi connectivity index (χ0v) is 15.9. The minimum Gasteiger partial charge on any atom is -0.436 e. The standard InChI is InChI=1S/C23H25N3O2/c24-15-14-19-12-13-20(25-16-19)22-17-26-23(28-22)21(27)11-7-2-1-4-8-18-9-5-3-6-10-18/h3,5-6,9-10,12-13,16-17,21,27H,1-2,4,7-8,11,14H2. The van der Waals surface area contributed by atoms with Crippen molar-refractivity contribution in [2.45, 2.75) is 51.0 Å². The first-order valence-corrected chi connectivity index (χ1v) is 9.76. The highest BCUT2D eigenvalue weighted by molar-refractivity contribution is 5.50. The smallest absolute Gasteiger partial charge is 0.223 e. The lowest BCUT2D eigenvalue weighted by molar-refractivity contribution is 0.131. The fourth-order valence-electron chi connectivity index (χ4n) is 3.11. The molecule has 28 heavy (non-hydrogen) atoms. The van der Waals surface area contributed by atoms with Crippen molar-refractivity contribution in [1.82, 2.24) is 9.97 Å².